The van der Waals surface area contributed by atoms with Crippen molar-refractivity contribution in [2.45, 2.75) is 26.2 Å². The minimum Gasteiger partial charge on any atom is -0.370 e. The zero-order valence-electron chi connectivity index (χ0n) is 8.26. The molecular weight excluding hydrogens is 224 g/mol. The molecule has 0 spiro atoms. The third kappa shape index (κ3) is 6.86. The highest BCUT2D eigenvalue weighted by molar-refractivity contribution is 7.67. The van der Waals surface area contributed by atoms with Gasteiger partial charge in [-0.25, -0.2) is 13.9 Å². The van der Waals surface area contributed by atoms with Gasteiger partial charge in [-0.1, -0.05) is 13.3 Å². The predicted octanol–water partition coefficient (Wildman–Crippen LogP) is -1.15. The molecule has 15 heavy (non-hydrogen) atoms. The fraction of sp³-hybridized carbons (Fsp3) is 0.714. The normalized spacial score (nSPS) is 12.4. The number of carbonyl (C=O) groups excluding carboxylic acids is 2. The number of nitrogens with two attached hydrogens (primary N) is 1. The van der Waals surface area contributed by atoms with E-state index in [9.17, 15) is 18.0 Å². The molecule has 0 bridgehead atoms. The number of hydrogen-bond acceptors (Lipinski definition) is 5. The minimum absolute atomic E-state index is 0.126. The average molecular weight is 238 g/mol. The van der Waals surface area contributed by atoms with Crippen LogP contribution in [0.2, 0.25) is 0 Å². The Morgan fingerprint density at radius 2 is 2.07 bits per heavy atom. The summed E-state index contributed by atoms with van der Waals surface area (Å²) in [6.45, 7) is 1.83. The third-order valence-corrected chi connectivity index (χ3v) is 1.92. The molecule has 0 fully saturated rings. The van der Waals surface area contributed by atoms with E-state index in [0.717, 1.165) is 0 Å². The van der Waals surface area contributed by atoms with E-state index < -0.39 is 28.7 Å². The first-order valence-electron chi connectivity index (χ1n) is 4.36. The summed E-state index contributed by atoms with van der Waals surface area (Å²) in [5, 5.41) is 0. The molecule has 0 rings (SSSR count). The Balaban J connectivity index is 4.21. The molecule has 0 heterocycles. The highest BCUT2D eigenvalue weighted by Gasteiger charge is 2.20. The number of thiol groups is 1. The molecule has 2 amide bonds. The summed E-state index contributed by atoms with van der Waals surface area (Å²) < 4.78 is 23.9. The Labute approximate surface area is 89.1 Å². The zero-order chi connectivity index (χ0) is 11.8. The summed E-state index contributed by atoms with van der Waals surface area (Å²) in [6, 6.07) is 0. The maximum atomic E-state index is 11.3. The first-order valence-corrected chi connectivity index (χ1v) is 5.46. The zero-order valence-corrected chi connectivity index (χ0v) is 9.16. The lowest BCUT2D eigenvalue weighted by molar-refractivity contribution is -0.134. The highest BCUT2D eigenvalue weighted by atomic mass is 32.2. The molecule has 0 aromatic rings. The summed E-state index contributed by atoms with van der Waals surface area (Å²) >= 11 is 0. The number of hydroxylamine groups is 1. The van der Waals surface area contributed by atoms with E-state index in [0.29, 0.717) is 12.8 Å². The highest BCUT2D eigenvalue weighted by Crippen LogP contribution is 2.10. The molecular formula is C7H14N2O5S. The summed E-state index contributed by atoms with van der Waals surface area (Å²) in [6.07, 6.45) is 0.987. The Bertz CT molecular complexity index is 294. The maximum Gasteiger partial charge on any atom is 0.277 e. The predicted molar refractivity (Wildman–Crippen MR) is 51.8 cm³/mol. The van der Waals surface area contributed by atoms with Crippen LogP contribution in [0.25, 0.3) is 0 Å². The number of carbonyl (C=O) groups is 2. The molecule has 3 N–H and O–H groups in total. The largest absolute Gasteiger partial charge is 0.370 e. The van der Waals surface area contributed by atoms with Crippen LogP contribution in [-0.2, 0) is 24.9 Å². The van der Waals surface area contributed by atoms with Gasteiger partial charge >= 0.3 is 0 Å². The standard InChI is InChI=1S/C7H14N2O5S/c1-2-3-5(4-6(8)10)7(11)9-14-15(12)13/h5,15H,2-4H2,1H3,(H2,8,10)(H,9,11). The van der Waals surface area contributed by atoms with Crippen LogP contribution in [0, 0.1) is 5.92 Å². The van der Waals surface area contributed by atoms with E-state index in [4.69, 9.17) is 5.73 Å². The quantitative estimate of drug-likeness (QED) is 0.382. The molecule has 7 nitrogen and oxygen atoms in total. The summed E-state index contributed by atoms with van der Waals surface area (Å²) in [5.41, 5.74) is 6.67. The van der Waals surface area contributed by atoms with E-state index in [1.807, 2.05) is 6.92 Å². The van der Waals surface area contributed by atoms with Crippen molar-refractivity contribution in [1.82, 2.24) is 5.48 Å². The number of rotatable bonds is 7. The molecule has 0 aromatic heterocycles. The van der Waals surface area contributed by atoms with Gasteiger partial charge in [0.15, 0.2) is 0 Å². The van der Waals surface area contributed by atoms with Crippen LogP contribution in [0.1, 0.15) is 26.2 Å². The van der Waals surface area contributed by atoms with Crippen molar-refractivity contribution in [3.8, 4) is 0 Å². The lowest BCUT2D eigenvalue weighted by atomic mass is 9.99. The molecule has 1 atom stereocenters. The van der Waals surface area contributed by atoms with E-state index in [1.165, 1.54) is 0 Å². The Hall–Kier alpha value is -1.15. The van der Waals surface area contributed by atoms with Gasteiger partial charge in [0.2, 0.25) is 11.8 Å². The van der Waals surface area contributed by atoms with Crippen molar-refractivity contribution in [1.29, 1.82) is 0 Å². The topological polar surface area (TPSA) is 116 Å². The van der Waals surface area contributed by atoms with Gasteiger partial charge in [-0.2, -0.15) is 4.28 Å². The SMILES string of the molecule is CCCC(CC(N)=O)C(=O)NO[SH](=O)=O. The lowest BCUT2D eigenvalue weighted by Crippen LogP contribution is -2.33. The van der Waals surface area contributed by atoms with Gasteiger partial charge in [-0.3, -0.25) is 9.59 Å². The van der Waals surface area contributed by atoms with Crippen LogP contribution >= 0.6 is 0 Å². The molecule has 0 saturated carbocycles. The fourth-order valence-corrected chi connectivity index (χ4v) is 1.25. The van der Waals surface area contributed by atoms with Crippen LogP contribution in [0.15, 0.2) is 0 Å². The monoisotopic (exact) mass is 238 g/mol. The van der Waals surface area contributed by atoms with Gasteiger partial charge in [-0.05, 0) is 6.42 Å². The van der Waals surface area contributed by atoms with Crippen molar-refractivity contribution < 1.29 is 22.3 Å². The van der Waals surface area contributed by atoms with Crippen LogP contribution < -0.4 is 11.2 Å². The smallest absolute Gasteiger partial charge is 0.277 e. The molecule has 8 heteroatoms. The van der Waals surface area contributed by atoms with Crippen molar-refractivity contribution in [2.24, 2.45) is 11.7 Å². The molecule has 0 aliphatic carbocycles. The Morgan fingerprint density at radius 1 is 1.47 bits per heavy atom. The first kappa shape index (κ1) is 13.8. The van der Waals surface area contributed by atoms with E-state index >= 15 is 0 Å². The summed E-state index contributed by atoms with van der Waals surface area (Å²) in [7, 11) is -3.14. The van der Waals surface area contributed by atoms with E-state index in [2.05, 4.69) is 4.28 Å². The van der Waals surface area contributed by atoms with E-state index in [1.54, 1.807) is 5.48 Å². The van der Waals surface area contributed by atoms with Gasteiger partial charge in [0.05, 0.1) is 0 Å². The number of primary amides is 1. The number of hydrogen-bond donors (Lipinski definition) is 3. The number of nitrogens with one attached hydrogen (secondary N) is 1. The summed E-state index contributed by atoms with van der Waals surface area (Å²) in [4.78, 5) is 21.9. The lowest BCUT2D eigenvalue weighted by Gasteiger charge is -2.11. The first-order chi connectivity index (χ1) is 6.97. The van der Waals surface area contributed by atoms with Gasteiger partial charge in [0.25, 0.3) is 11.0 Å². The van der Waals surface area contributed by atoms with Gasteiger partial charge in [-0.15, -0.1) is 0 Å². The Kier molecular flexibility index (Phi) is 6.63. The van der Waals surface area contributed by atoms with Gasteiger partial charge in [0, 0.05) is 12.3 Å². The second-order valence-electron chi connectivity index (χ2n) is 2.94. The fourth-order valence-electron chi connectivity index (χ4n) is 1.08. The van der Waals surface area contributed by atoms with Crippen LogP contribution in [0.3, 0.4) is 0 Å². The molecule has 0 saturated heterocycles. The average Bonchev–Trinajstić information content (AvgIpc) is 2.12. The Morgan fingerprint density at radius 3 is 2.47 bits per heavy atom. The molecule has 1 unspecified atom stereocenters. The number of amides is 2. The second-order valence-corrected chi connectivity index (χ2v) is 3.57. The van der Waals surface area contributed by atoms with Gasteiger partial charge in [0.1, 0.15) is 0 Å². The van der Waals surface area contributed by atoms with Crippen LogP contribution in [-0.4, -0.2) is 20.2 Å². The maximum absolute atomic E-state index is 11.3. The van der Waals surface area contributed by atoms with Crippen molar-refractivity contribution in [3.05, 3.63) is 0 Å². The third-order valence-electron chi connectivity index (χ3n) is 1.68. The van der Waals surface area contributed by atoms with Crippen molar-refractivity contribution in [3.63, 3.8) is 0 Å². The van der Waals surface area contributed by atoms with Crippen LogP contribution in [0.4, 0.5) is 0 Å². The molecule has 0 aliphatic rings. The molecule has 0 aromatic carbocycles. The van der Waals surface area contributed by atoms with Crippen molar-refractivity contribution >= 4 is 22.8 Å². The minimum atomic E-state index is -3.14. The molecule has 88 valence electrons. The molecule has 0 radical (unpaired) electrons. The van der Waals surface area contributed by atoms with Gasteiger partial charge < -0.3 is 5.73 Å². The van der Waals surface area contributed by atoms with Crippen molar-refractivity contribution in [2.75, 3.05) is 0 Å². The summed E-state index contributed by atoms with van der Waals surface area (Å²) in [5.74, 6) is -1.92. The second kappa shape index (κ2) is 7.18. The molecule has 0 aliphatic heterocycles. The van der Waals surface area contributed by atoms with Crippen LogP contribution in [0.5, 0.6) is 0 Å². The van der Waals surface area contributed by atoms with E-state index in [-0.39, 0.29) is 6.42 Å².